The molecule has 0 radical (unpaired) electrons. The van der Waals surface area contributed by atoms with Crippen LogP contribution in [0.5, 0.6) is 0 Å². The summed E-state index contributed by atoms with van der Waals surface area (Å²) in [5.41, 5.74) is 5.75. The summed E-state index contributed by atoms with van der Waals surface area (Å²) in [6.45, 7) is 2.25. The number of halogens is 2. The fourth-order valence-electron chi connectivity index (χ4n) is 5.32. The summed E-state index contributed by atoms with van der Waals surface area (Å²) in [6, 6.07) is 19.6. The van der Waals surface area contributed by atoms with Crippen LogP contribution in [0.25, 0.3) is 21.2 Å². The Hall–Kier alpha value is -3.65. The number of nitrogens with one attached hydrogen (secondary N) is 1. The topological polar surface area (TPSA) is 92.4 Å². The van der Waals surface area contributed by atoms with Gasteiger partial charge in [-0.1, -0.05) is 66.0 Å². The number of carboxylic acid groups (broad SMARTS) is 1. The highest BCUT2D eigenvalue weighted by molar-refractivity contribution is 7.18. The Labute approximate surface area is 251 Å². The van der Waals surface area contributed by atoms with Crippen LogP contribution in [0.3, 0.4) is 0 Å². The Balaban J connectivity index is 1.58. The third kappa shape index (κ3) is 6.48. The molecule has 0 aliphatic rings. The molecule has 2 heterocycles. The molecule has 2 N–H and O–H groups in total. The van der Waals surface area contributed by atoms with Crippen molar-refractivity contribution >= 4 is 56.5 Å². The monoisotopic (exact) mass is 606 g/mol. The van der Waals surface area contributed by atoms with Gasteiger partial charge in [0.1, 0.15) is 6.26 Å². The summed E-state index contributed by atoms with van der Waals surface area (Å²) >= 11 is 14.6. The van der Waals surface area contributed by atoms with E-state index in [1.807, 2.05) is 36.4 Å². The molecule has 3 aromatic carbocycles. The molecule has 9 heteroatoms. The third-order valence-corrected chi connectivity index (χ3v) is 8.72. The van der Waals surface area contributed by atoms with Crippen LogP contribution in [-0.4, -0.2) is 28.7 Å². The minimum atomic E-state index is -0.952. The van der Waals surface area contributed by atoms with Crippen LogP contribution in [0, 0.1) is 0 Å². The molecule has 1 unspecified atom stereocenters. The number of thiophene rings is 1. The standard InChI is InChI=1S/C32H28Cl2N2O4S/c1-2-3-25(19-4-6-21(7-5-19)32(39)35-13-12-29(37)38)30(20-8-10-23(33)11-9-20)28-18-41-31-26(22-16-36-40-17-22)14-24(34)15-27(28)31/h4-11,14-18,25,30H,2-3,12-13H2,1H3,(H,35,39)(H,37,38)/t25-,30?/m1/s1. The van der Waals surface area contributed by atoms with Crippen LogP contribution in [0.1, 0.15) is 65.1 Å². The number of aromatic nitrogens is 1. The van der Waals surface area contributed by atoms with Gasteiger partial charge in [-0.05, 0) is 76.2 Å². The number of rotatable bonds is 11. The molecule has 0 spiro atoms. The maximum atomic E-state index is 12.6. The van der Waals surface area contributed by atoms with Gasteiger partial charge in [-0.15, -0.1) is 11.3 Å². The van der Waals surface area contributed by atoms with Gasteiger partial charge in [-0.2, -0.15) is 0 Å². The predicted octanol–water partition coefficient (Wildman–Crippen LogP) is 8.78. The van der Waals surface area contributed by atoms with Crippen LogP contribution in [-0.2, 0) is 4.79 Å². The molecule has 5 rings (SSSR count). The fraction of sp³-hybridized carbons (Fsp3) is 0.219. The summed E-state index contributed by atoms with van der Waals surface area (Å²) in [4.78, 5) is 23.4. The zero-order valence-corrected chi connectivity index (χ0v) is 24.6. The van der Waals surface area contributed by atoms with Crippen molar-refractivity contribution in [2.75, 3.05) is 6.54 Å². The van der Waals surface area contributed by atoms with Crippen molar-refractivity contribution in [3.05, 3.63) is 111 Å². The number of benzene rings is 3. The first kappa shape index (κ1) is 28.9. The summed E-state index contributed by atoms with van der Waals surface area (Å²) in [5.74, 6) is -1.16. The first-order valence-electron chi connectivity index (χ1n) is 13.3. The van der Waals surface area contributed by atoms with Gasteiger partial charge in [0.05, 0.1) is 12.6 Å². The van der Waals surface area contributed by atoms with Crippen molar-refractivity contribution < 1.29 is 19.2 Å². The lowest BCUT2D eigenvalue weighted by Gasteiger charge is -2.29. The lowest BCUT2D eigenvalue weighted by atomic mass is 9.75. The number of aliphatic carboxylic acids is 1. The number of nitrogens with zero attached hydrogens (tertiary/aromatic N) is 1. The second kappa shape index (κ2) is 12.9. The smallest absolute Gasteiger partial charge is 0.305 e. The average Bonchev–Trinajstić information content (AvgIpc) is 3.64. The fourth-order valence-corrected chi connectivity index (χ4v) is 6.79. The predicted molar refractivity (Wildman–Crippen MR) is 164 cm³/mol. The summed E-state index contributed by atoms with van der Waals surface area (Å²) in [5, 5.41) is 20.0. The first-order valence-corrected chi connectivity index (χ1v) is 14.9. The van der Waals surface area contributed by atoms with Gasteiger partial charge < -0.3 is 14.9 Å². The molecule has 2 atom stereocenters. The van der Waals surface area contributed by atoms with Crippen molar-refractivity contribution in [1.29, 1.82) is 0 Å². The maximum Gasteiger partial charge on any atom is 0.305 e. The molecule has 0 bridgehead atoms. The minimum Gasteiger partial charge on any atom is -0.481 e. The lowest BCUT2D eigenvalue weighted by Crippen LogP contribution is -2.26. The number of carbonyl (C=O) groups is 2. The van der Waals surface area contributed by atoms with Gasteiger partial charge in [0.2, 0.25) is 0 Å². The zero-order chi connectivity index (χ0) is 28.9. The van der Waals surface area contributed by atoms with E-state index in [0.717, 1.165) is 45.2 Å². The molecule has 0 aliphatic heterocycles. The molecule has 210 valence electrons. The van der Waals surface area contributed by atoms with Crippen molar-refractivity contribution in [2.45, 2.75) is 38.0 Å². The van der Waals surface area contributed by atoms with Gasteiger partial charge in [0, 0.05) is 43.9 Å². The Morgan fingerprint density at radius 1 is 1.02 bits per heavy atom. The molecular formula is C32H28Cl2N2O4S. The second-order valence-corrected chi connectivity index (χ2v) is 11.6. The van der Waals surface area contributed by atoms with E-state index in [2.05, 4.69) is 34.9 Å². The molecule has 0 saturated heterocycles. The van der Waals surface area contributed by atoms with Gasteiger partial charge >= 0.3 is 5.97 Å². The molecule has 0 aliphatic carbocycles. The maximum absolute atomic E-state index is 12.6. The van der Waals surface area contributed by atoms with Gasteiger partial charge in [-0.25, -0.2) is 0 Å². The van der Waals surface area contributed by atoms with E-state index in [9.17, 15) is 9.59 Å². The van der Waals surface area contributed by atoms with Crippen molar-refractivity contribution in [3.63, 3.8) is 0 Å². The number of carboxylic acids is 1. The van der Waals surface area contributed by atoms with E-state index in [1.54, 1.807) is 35.9 Å². The summed E-state index contributed by atoms with van der Waals surface area (Å²) in [6.07, 6.45) is 5.07. The van der Waals surface area contributed by atoms with Crippen LogP contribution in [0.15, 0.2) is 83.0 Å². The van der Waals surface area contributed by atoms with Crippen molar-refractivity contribution in [1.82, 2.24) is 10.5 Å². The zero-order valence-electron chi connectivity index (χ0n) is 22.3. The highest BCUT2D eigenvalue weighted by atomic mass is 35.5. The molecular weight excluding hydrogens is 579 g/mol. The van der Waals surface area contributed by atoms with E-state index in [0.29, 0.717) is 15.6 Å². The number of hydrogen-bond donors (Lipinski definition) is 2. The molecule has 2 aromatic heterocycles. The molecule has 5 aromatic rings. The number of fused-ring (bicyclic) bond motifs is 1. The Morgan fingerprint density at radius 3 is 2.41 bits per heavy atom. The van der Waals surface area contributed by atoms with Crippen molar-refractivity contribution in [2.24, 2.45) is 0 Å². The normalized spacial score (nSPS) is 12.8. The van der Waals surface area contributed by atoms with Gasteiger partial charge in [0.15, 0.2) is 0 Å². The molecule has 0 fully saturated rings. The second-order valence-electron chi connectivity index (χ2n) is 9.88. The Kier molecular flexibility index (Phi) is 9.08. The van der Waals surface area contributed by atoms with Crippen molar-refractivity contribution in [3.8, 4) is 11.1 Å². The lowest BCUT2D eigenvalue weighted by molar-refractivity contribution is -0.136. The third-order valence-electron chi connectivity index (χ3n) is 7.20. The van der Waals surface area contributed by atoms with Gasteiger partial charge in [-0.3, -0.25) is 9.59 Å². The highest BCUT2D eigenvalue weighted by Crippen LogP contribution is 2.48. The van der Waals surface area contributed by atoms with Crippen LogP contribution in [0.2, 0.25) is 10.0 Å². The quantitative estimate of drug-likeness (QED) is 0.157. The number of amides is 1. The SMILES string of the molecule is CCC[C@H](c1ccc(C(=O)NCCC(=O)O)cc1)C(c1ccc(Cl)cc1)c1csc2c(-c3cnoc3)cc(Cl)cc12. The van der Waals surface area contributed by atoms with Gasteiger partial charge in [0.25, 0.3) is 5.91 Å². The van der Waals surface area contributed by atoms with Crippen LogP contribution >= 0.6 is 34.5 Å². The summed E-state index contributed by atoms with van der Waals surface area (Å²) < 4.78 is 6.23. The largest absolute Gasteiger partial charge is 0.481 e. The molecule has 41 heavy (non-hydrogen) atoms. The van der Waals surface area contributed by atoms with E-state index in [1.165, 1.54) is 5.56 Å². The average molecular weight is 608 g/mol. The number of hydrogen-bond acceptors (Lipinski definition) is 5. The molecule has 6 nitrogen and oxygen atoms in total. The van der Waals surface area contributed by atoms with E-state index in [-0.39, 0.29) is 30.7 Å². The number of carbonyl (C=O) groups excluding carboxylic acids is 1. The highest BCUT2D eigenvalue weighted by Gasteiger charge is 2.29. The van der Waals surface area contributed by atoms with E-state index in [4.69, 9.17) is 32.8 Å². The van der Waals surface area contributed by atoms with E-state index < -0.39 is 5.97 Å². The van der Waals surface area contributed by atoms with E-state index >= 15 is 0 Å². The summed E-state index contributed by atoms with van der Waals surface area (Å²) in [7, 11) is 0. The Bertz CT molecular complexity index is 1650. The first-order chi connectivity index (χ1) is 19.9. The minimum absolute atomic E-state index is 0.00926. The van der Waals surface area contributed by atoms with Crippen LogP contribution < -0.4 is 5.32 Å². The molecule has 1 amide bonds. The Morgan fingerprint density at radius 2 is 1.76 bits per heavy atom. The van der Waals surface area contributed by atoms with Crippen LogP contribution in [0.4, 0.5) is 0 Å². The molecule has 0 saturated carbocycles.